The predicted molar refractivity (Wildman–Crippen MR) is 130 cm³/mol. The van der Waals surface area contributed by atoms with Gasteiger partial charge < -0.3 is 14.8 Å². The van der Waals surface area contributed by atoms with Crippen molar-refractivity contribution >= 4 is 17.5 Å². The van der Waals surface area contributed by atoms with Gasteiger partial charge in [0.25, 0.3) is 5.91 Å². The summed E-state index contributed by atoms with van der Waals surface area (Å²) in [6.07, 6.45) is 11.0. The number of carbonyl (C=O) groups excluding carboxylic acids is 2. The second-order valence-electron chi connectivity index (χ2n) is 8.67. The SMILES string of the molecule is COC(=O)/C=C/[C@H](NC(=O)c1c(C)nc2c(OCC3CCCCC3)cccn12)c1ccccc1. The van der Waals surface area contributed by atoms with E-state index >= 15 is 0 Å². The molecule has 34 heavy (non-hydrogen) atoms. The Morgan fingerprint density at radius 3 is 2.65 bits per heavy atom. The Morgan fingerprint density at radius 2 is 1.91 bits per heavy atom. The average Bonchev–Trinajstić information content (AvgIpc) is 3.22. The molecule has 1 atom stereocenters. The van der Waals surface area contributed by atoms with Crippen molar-refractivity contribution in [1.29, 1.82) is 0 Å². The van der Waals surface area contributed by atoms with Gasteiger partial charge in [0.2, 0.25) is 0 Å². The number of carbonyl (C=O) groups is 2. The standard InChI is InChI=1S/C27H31N3O4/c1-19-25(27(32)29-22(15-16-24(31)33-2)21-12-7-4-8-13-21)30-17-9-14-23(26(30)28-19)34-18-20-10-5-3-6-11-20/h4,7-9,12-17,20,22H,3,5-6,10-11,18H2,1-2H3,(H,29,32)/b16-15+/t22-/m0/s1. The zero-order valence-electron chi connectivity index (χ0n) is 19.7. The Morgan fingerprint density at radius 1 is 1.15 bits per heavy atom. The smallest absolute Gasteiger partial charge is 0.330 e. The van der Waals surface area contributed by atoms with Gasteiger partial charge in [0, 0.05) is 12.3 Å². The van der Waals surface area contributed by atoms with Crippen molar-refractivity contribution in [3.05, 3.63) is 77.8 Å². The first kappa shape index (κ1) is 23.5. The normalized spacial score (nSPS) is 15.4. The van der Waals surface area contributed by atoms with Gasteiger partial charge in [-0.3, -0.25) is 9.20 Å². The first-order valence-corrected chi connectivity index (χ1v) is 11.8. The molecule has 1 aliphatic carbocycles. The molecule has 2 aromatic heterocycles. The molecule has 4 rings (SSSR count). The topological polar surface area (TPSA) is 81.9 Å². The minimum atomic E-state index is -0.511. The zero-order chi connectivity index (χ0) is 23.9. The molecular weight excluding hydrogens is 430 g/mol. The van der Waals surface area contributed by atoms with E-state index in [2.05, 4.69) is 10.3 Å². The van der Waals surface area contributed by atoms with Crippen LogP contribution in [0, 0.1) is 12.8 Å². The molecule has 0 saturated heterocycles. The first-order chi connectivity index (χ1) is 16.6. The first-order valence-electron chi connectivity index (χ1n) is 11.8. The number of amides is 1. The van der Waals surface area contributed by atoms with E-state index in [0.717, 1.165) is 5.56 Å². The van der Waals surface area contributed by atoms with Gasteiger partial charge in [-0.05, 0) is 43.4 Å². The minimum absolute atomic E-state index is 0.294. The third kappa shape index (κ3) is 5.47. The number of hydrogen-bond acceptors (Lipinski definition) is 5. The van der Waals surface area contributed by atoms with Gasteiger partial charge >= 0.3 is 5.97 Å². The molecule has 2 heterocycles. The van der Waals surface area contributed by atoms with E-state index in [1.54, 1.807) is 10.5 Å². The summed E-state index contributed by atoms with van der Waals surface area (Å²) in [5.74, 6) is 0.472. The summed E-state index contributed by atoms with van der Waals surface area (Å²) in [5.41, 5.74) is 2.52. The fraction of sp³-hybridized carbons (Fsp3) is 0.370. The van der Waals surface area contributed by atoms with Crippen molar-refractivity contribution in [1.82, 2.24) is 14.7 Å². The lowest BCUT2D eigenvalue weighted by atomic mass is 9.90. The van der Waals surface area contributed by atoms with Crippen LogP contribution in [0.15, 0.2) is 60.8 Å². The summed E-state index contributed by atoms with van der Waals surface area (Å²) in [7, 11) is 1.32. The third-order valence-corrected chi connectivity index (χ3v) is 6.27. The van der Waals surface area contributed by atoms with Gasteiger partial charge in [-0.2, -0.15) is 0 Å². The van der Waals surface area contributed by atoms with Crippen molar-refractivity contribution in [3.8, 4) is 5.75 Å². The zero-order valence-corrected chi connectivity index (χ0v) is 19.7. The monoisotopic (exact) mass is 461 g/mol. The van der Waals surface area contributed by atoms with Crippen molar-refractivity contribution in [2.24, 2.45) is 5.92 Å². The van der Waals surface area contributed by atoms with Crippen LogP contribution in [0.5, 0.6) is 5.75 Å². The van der Waals surface area contributed by atoms with Crippen LogP contribution in [0.3, 0.4) is 0 Å². The Bertz CT molecular complexity index is 1160. The number of ether oxygens (including phenoxy) is 2. The van der Waals surface area contributed by atoms with E-state index in [4.69, 9.17) is 9.47 Å². The molecule has 3 aromatic rings. The molecule has 0 radical (unpaired) electrons. The largest absolute Gasteiger partial charge is 0.489 e. The van der Waals surface area contributed by atoms with E-state index in [9.17, 15) is 9.59 Å². The Kier molecular flexibility index (Phi) is 7.62. The van der Waals surface area contributed by atoms with Crippen LogP contribution in [-0.4, -0.2) is 35.0 Å². The maximum atomic E-state index is 13.4. The second-order valence-corrected chi connectivity index (χ2v) is 8.67. The highest BCUT2D eigenvalue weighted by atomic mass is 16.5. The molecule has 1 saturated carbocycles. The number of hydrogen-bond donors (Lipinski definition) is 1. The summed E-state index contributed by atoms with van der Waals surface area (Å²) in [4.78, 5) is 29.7. The maximum absolute atomic E-state index is 13.4. The highest BCUT2D eigenvalue weighted by Crippen LogP contribution is 2.27. The Labute approximate surface area is 199 Å². The summed E-state index contributed by atoms with van der Waals surface area (Å²) < 4.78 is 12.6. The number of benzene rings is 1. The highest BCUT2D eigenvalue weighted by Gasteiger charge is 2.22. The third-order valence-electron chi connectivity index (χ3n) is 6.27. The summed E-state index contributed by atoms with van der Waals surface area (Å²) >= 11 is 0. The van der Waals surface area contributed by atoms with Crippen molar-refractivity contribution in [2.75, 3.05) is 13.7 Å². The molecule has 178 valence electrons. The van der Waals surface area contributed by atoms with Crippen molar-refractivity contribution < 1.29 is 19.1 Å². The number of pyridine rings is 1. The summed E-state index contributed by atoms with van der Waals surface area (Å²) in [6, 6.07) is 12.7. The molecule has 1 aromatic carbocycles. The van der Waals surface area contributed by atoms with E-state index in [-0.39, 0.29) is 5.91 Å². The van der Waals surface area contributed by atoms with Crippen LogP contribution < -0.4 is 10.1 Å². The average molecular weight is 462 g/mol. The number of fused-ring (bicyclic) bond motifs is 1. The molecule has 7 nitrogen and oxygen atoms in total. The fourth-order valence-corrected chi connectivity index (χ4v) is 4.46. The van der Waals surface area contributed by atoms with Gasteiger partial charge in [-0.25, -0.2) is 9.78 Å². The number of methoxy groups -OCH3 is 1. The molecule has 0 bridgehead atoms. The number of nitrogens with one attached hydrogen (secondary N) is 1. The highest BCUT2D eigenvalue weighted by molar-refractivity contribution is 5.95. The molecule has 0 unspecified atom stereocenters. The number of aryl methyl sites for hydroxylation is 1. The molecule has 7 heteroatoms. The number of rotatable bonds is 8. The fourth-order valence-electron chi connectivity index (χ4n) is 4.46. The van der Waals surface area contributed by atoms with Crippen LogP contribution in [0.2, 0.25) is 0 Å². The van der Waals surface area contributed by atoms with Crippen molar-refractivity contribution in [3.63, 3.8) is 0 Å². The number of esters is 1. The molecule has 1 N–H and O–H groups in total. The van der Waals surface area contributed by atoms with Gasteiger partial charge in [0.1, 0.15) is 5.69 Å². The van der Waals surface area contributed by atoms with E-state index < -0.39 is 12.0 Å². The van der Waals surface area contributed by atoms with Crippen LogP contribution in [0.4, 0.5) is 0 Å². The molecule has 0 spiro atoms. The molecule has 1 aliphatic rings. The van der Waals surface area contributed by atoms with Crippen LogP contribution in [-0.2, 0) is 9.53 Å². The van der Waals surface area contributed by atoms with Gasteiger partial charge in [0.05, 0.1) is 25.5 Å². The van der Waals surface area contributed by atoms with Crippen LogP contribution in [0.1, 0.15) is 59.9 Å². The van der Waals surface area contributed by atoms with Gasteiger partial charge in [-0.15, -0.1) is 0 Å². The Balaban J connectivity index is 1.58. The predicted octanol–water partition coefficient (Wildman–Crippen LogP) is 4.80. The second kappa shape index (κ2) is 11.0. The van der Waals surface area contributed by atoms with E-state index in [1.165, 1.54) is 45.3 Å². The maximum Gasteiger partial charge on any atom is 0.330 e. The van der Waals surface area contributed by atoms with Crippen LogP contribution >= 0.6 is 0 Å². The number of imidazole rings is 1. The lowest BCUT2D eigenvalue weighted by Crippen LogP contribution is -2.29. The Hall–Kier alpha value is -3.61. The van der Waals surface area contributed by atoms with Gasteiger partial charge in [0.15, 0.2) is 11.4 Å². The van der Waals surface area contributed by atoms with Gasteiger partial charge in [-0.1, -0.05) is 55.7 Å². The van der Waals surface area contributed by atoms with E-state index in [1.807, 2.05) is 55.6 Å². The minimum Gasteiger partial charge on any atom is -0.489 e. The quantitative estimate of drug-likeness (QED) is 0.385. The number of nitrogens with zero attached hydrogens (tertiary/aromatic N) is 2. The summed E-state index contributed by atoms with van der Waals surface area (Å²) in [6.45, 7) is 2.48. The molecule has 1 amide bonds. The lowest BCUT2D eigenvalue weighted by molar-refractivity contribution is -0.134. The lowest BCUT2D eigenvalue weighted by Gasteiger charge is -2.21. The molecule has 0 aliphatic heterocycles. The summed E-state index contributed by atoms with van der Waals surface area (Å²) in [5, 5.41) is 3.02. The number of aromatic nitrogens is 2. The van der Waals surface area contributed by atoms with Crippen LogP contribution in [0.25, 0.3) is 5.65 Å². The van der Waals surface area contributed by atoms with Crippen molar-refractivity contribution in [2.45, 2.75) is 45.1 Å². The molecule has 1 fully saturated rings. The molecular formula is C27H31N3O4. The van der Waals surface area contributed by atoms with E-state index in [0.29, 0.717) is 35.3 Å².